The van der Waals surface area contributed by atoms with E-state index in [4.69, 9.17) is 5.26 Å². The van der Waals surface area contributed by atoms with Crippen molar-refractivity contribution in [3.8, 4) is 6.07 Å². The van der Waals surface area contributed by atoms with Gasteiger partial charge in [0.15, 0.2) is 0 Å². The van der Waals surface area contributed by atoms with E-state index in [1.165, 1.54) is 11.0 Å². The zero-order chi connectivity index (χ0) is 17.8. The fourth-order valence-corrected chi connectivity index (χ4v) is 2.45. The third kappa shape index (κ3) is 4.15. The summed E-state index contributed by atoms with van der Waals surface area (Å²) in [5.41, 5.74) is -1.13. The van der Waals surface area contributed by atoms with Crippen molar-refractivity contribution in [3.05, 3.63) is 29.3 Å². The van der Waals surface area contributed by atoms with Crippen LogP contribution in [0.2, 0.25) is 0 Å². The Morgan fingerprint density at radius 1 is 1.30 bits per heavy atom. The molecule has 0 N–H and O–H groups in total. The molecule has 0 radical (unpaired) electrons. The quantitative estimate of drug-likeness (QED) is 0.834. The molecule has 0 fully saturated rings. The van der Waals surface area contributed by atoms with Gasteiger partial charge in [-0.1, -0.05) is 6.92 Å². The zero-order valence-electron chi connectivity index (χ0n) is 13.6. The summed E-state index contributed by atoms with van der Waals surface area (Å²) in [6.07, 6.45) is -4.15. The standard InChI is InChI=1S/C16H20F3N3O/c1-5-14(15(23)21(3)4)22(6-2)12-8-7-11(10-20)13(9-12)16(17,18)19/h7-9,14H,5-6H2,1-4H3. The predicted octanol–water partition coefficient (Wildman–Crippen LogP) is 3.27. The van der Waals surface area contributed by atoms with E-state index in [0.29, 0.717) is 13.0 Å². The molecule has 1 aromatic carbocycles. The van der Waals surface area contributed by atoms with Crippen LogP contribution in [0.4, 0.5) is 18.9 Å². The van der Waals surface area contributed by atoms with E-state index in [9.17, 15) is 18.0 Å². The van der Waals surface area contributed by atoms with Crippen molar-refractivity contribution in [3.63, 3.8) is 0 Å². The molecule has 0 saturated heterocycles. The van der Waals surface area contributed by atoms with Crippen molar-refractivity contribution < 1.29 is 18.0 Å². The number of halogens is 3. The van der Waals surface area contributed by atoms with Crippen LogP contribution >= 0.6 is 0 Å². The number of amides is 1. The average molecular weight is 327 g/mol. The van der Waals surface area contributed by atoms with Gasteiger partial charge in [0, 0.05) is 26.3 Å². The molecule has 7 heteroatoms. The molecule has 0 saturated carbocycles. The number of nitrogens with zero attached hydrogens (tertiary/aromatic N) is 3. The lowest BCUT2D eigenvalue weighted by Gasteiger charge is -2.33. The predicted molar refractivity (Wildman–Crippen MR) is 82.0 cm³/mol. The van der Waals surface area contributed by atoms with Crippen molar-refractivity contribution in [1.82, 2.24) is 4.90 Å². The zero-order valence-corrected chi connectivity index (χ0v) is 13.6. The van der Waals surface area contributed by atoms with Gasteiger partial charge in [-0.15, -0.1) is 0 Å². The Morgan fingerprint density at radius 2 is 1.91 bits per heavy atom. The average Bonchev–Trinajstić information content (AvgIpc) is 2.50. The number of benzene rings is 1. The Labute approximate surface area is 134 Å². The van der Waals surface area contributed by atoms with Crippen LogP contribution in [-0.4, -0.2) is 37.5 Å². The van der Waals surface area contributed by atoms with Crippen LogP contribution in [0.1, 0.15) is 31.4 Å². The molecule has 1 rings (SSSR count). The summed E-state index contributed by atoms with van der Waals surface area (Å²) in [6.45, 7) is 3.96. The molecule has 126 valence electrons. The molecule has 0 aromatic heterocycles. The summed E-state index contributed by atoms with van der Waals surface area (Å²) in [6, 6.07) is 4.54. The van der Waals surface area contributed by atoms with Crippen molar-refractivity contribution in [2.24, 2.45) is 0 Å². The number of carbonyl (C=O) groups is 1. The van der Waals surface area contributed by atoms with Crippen LogP contribution in [0.15, 0.2) is 18.2 Å². The van der Waals surface area contributed by atoms with Crippen LogP contribution in [0.25, 0.3) is 0 Å². The van der Waals surface area contributed by atoms with E-state index in [-0.39, 0.29) is 11.6 Å². The first-order valence-corrected chi connectivity index (χ1v) is 7.26. The van der Waals surface area contributed by atoms with Crippen molar-refractivity contribution in [2.45, 2.75) is 32.5 Å². The molecule has 4 nitrogen and oxygen atoms in total. The maximum atomic E-state index is 13.1. The van der Waals surface area contributed by atoms with Gasteiger partial charge in [0.1, 0.15) is 6.04 Å². The van der Waals surface area contributed by atoms with Crippen LogP contribution < -0.4 is 4.90 Å². The van der Waals surface area contributed by atoms with E-state index in [1.54, 1.807) is 32.0 Å². The first-order valence-electron chi connectivity index (χ1n) is 7.26. The lowest BCUT2D eigenvalue weighted by atomic mass is 10.0. The van der Waals surface area contributed by atoms with Gasteiger partial charge in [-0.2, -0.15) is 18.4 Å². The van der Waals surface area contributed by atoms with Crippen molar-refractivity contribution in [2.75, 3.05) is 25.5 Å². The van der Waals surface area contributed by atoms with E-state index in [1.807, 2.05) is 6.92 Å². The molecule has 23 heavy (non-hydrogen) atoms. The third-order valence-electron chi connectivity index (χ3n) is 3.59. The summed E-state index contributed by atoms with van der Waals surface area (Å²) in [5.74, 6) is -0.174. The fraction of sp³-hybridized carbons (Fsp3) is 0.500. The lowest BCUT2D eigenvalue weighted by Crippen LogP contribution is -2.46. The van der Waals surface area contributed by atoms with Gasteiger partial charge in [-0.05, 0) is 31.5 Å². The third-order valence-corrected chi connectivity index (χ3v) is 3.59. The highest BCUT2D eigenvalue weighted by Crippen LogP contribution is 2.35. The molecule has 1 atom stereocenters. The van der Waals surface area contributed by atoms with Gasteiger partial charge in [-0.3, -0.25) is 4.79 Å². The summed E-state index contributed by atoms with van der Waals surface area (Å²) in [5, 5.41) is 8.86. The molecule has 0 spiro atoms. The van der Waals surface area contributed by atoms with Gasteiger partial charge >= 0.3 is 6.18 Å². The topological polar surface area (TPSA) is 47.3 Å². The van der Waals surface area contributed by atoms with E-state index in [2.05, 4.69) is 0 Å². The summed E-state index contributed by atoms with van der Waals surface area (Å²) in [4.78, 5) is 15.3. The Morgan fingerprint density at radius 3 is 2.30 bits per heavy atom. The minimum atomic E-state index is -4.62. The van der Waals surface area contributed by atoms with Crippen molar-refractivity contribution in [1.29, 1.82) is 5.26 Å². The van der Waals surface area contributed by atoms with Crippen LogP contribution in [-0.2, 0) is 11.0 Å². The maximum Gasteiger partial charge on any atom is 0.417 e. The number of carbonyl (C=O) groups excluding carboxylic acids is 1. The van der Waals surface area contributed by atoms with Gasteiger partial charge in [-0.25, -0.2) is 0 Å². The molecule has 1 unspecified atom stereocenters. The highest BCUT2D eigenvalue weighted by Gasteiger charge is 2.35. The second kappa shape index (κ2) is 7.36. The monoisotopic (exact) mass is 327 g/mol. The summed E-state index contributed by atoms with van der Waals surface area (Å²) < 4.78 is 39.3. The molecule has 1 aromatic rings. The molecule has 0 aliphatic heterocycles. The number of anilines is 1. The first-order chi connectivity index (χ1) is 10.7. The smallest absolute Gasteiger partial charge is 0.360 e. The number of nitriles is 1. The lowest BCUT2D eigenvalue weighted by molar-refractivity contribution is -0.137. The van der Waals surface area contributed by atoms with E-state index < -0.39 is 23.3 Å². The van der Waals surface area contributed by atoms with Gasteiger partial charge < -0.3 is 9.80 Å². The van der Waals surface area contributed by atoms with Crippen LogP contribution in [0.3, 0.4) is 0 Å². The van der Waals surface area contributed by atoms with Crippen LogP contribution in [0, 0.1) is 11.3 Å². The maximum absolute atomic E-state index is 13.1. The largest absolute Gasteiger partial charge is 0.417 e. The number of alkyl halides is 3. The highest BCUT2D eigenvalue weighted by atomic mass is 19.4. The van der Waals surface area contributed by atoms with E-state index >= 15 is 0 Å². The second-order valence-electron chi connectivity index (χ2n) is 5.28. The molecule has 0 aliphatic carbocycles. The number of hydrogen-bond acceptors (Lipinski definition) is 3. The van der Waals surface area contributed by atoms with Gasteiger partial charge in [0.2, 0.25) is 5.91 Å². The first kappa shape index (κ1) is 18.8. The van der Waals surface area contributed by atoms with Crippen molar-refractivity contribution >= 4 is 11.6 Å². The normalized spacial score (nSPS) is 12.4. The summed E-state index contributed by atoms with van der Waals surface area (Å²) >= 11 is 0. The molecule has 0 aliphatic rings. The second-order valence-corrected chi connectivity index (χ2v) is 5.28. The minimum absolute atomic E-state index is 0.174. The Bertz CT molecular complexity index is 606. The SMILES string of the molecule is CCC(C(=O)N(C)C)N(CC)c1ccc(C#N)c(C(F)(F)F)c1. The Balaban J connectivity index is 3.36. The Hall–Kier alpha value is -2.23. The summed E-state index contributed by atoms with van der Waals surface area (Å²) in [7, 11) is 3.22. The van der Waals surface area contributed by atoms with Crippen LogP contribution in [0.5, 0.6) is 0 Å². The fourth-order valence-electron chi connectivity index (χ4n) is 2.45. The number of hydrogen-bond donors (Lipinski definition) is 0. The molecule has 0 bridgehead atoms. The van der Waals surface area contributed by atoms with Gasteiger partial charge in [0.25, 0.3) is 0 Å². The highest BCUT2D eigenvalue weighted by molar-refractivity contribution is 5.85. The number of rotatable bonds is 5. The number of likely N-dealkylation sites (N-methyl/N-ethyl adjacent to an activating group) is 2. The minimum Gasteiger partial charge on any atom is -0.360 e. The molecular formula is C16H20F3N3O. The molecule has 1 amide bonds. The van der Waals surface area contributed by atoms with E-state index in [0.717, 1.165) is 12.1 Å². The molecule has 0 heterocycles. The Kier molecular flexibility index (Phi) is 6.02. The van der Waals surface area contributed by atoms with Gasteiger partial charge in [0.05, 0.1) is 17.2 Å². The molecular weight excluding hydrogens is 307 g/mol.